The minimum Gasteiger partial charge on any atom is -0.370 e. The maximum atomic E-state index is 9.56. The zero-order valence-electron chi connectivity index (χ0n) is 25.3. The van der Waals surface area contributed by atoms with Crippen molar-refractivity contribution in [1.82, 2.24) is 19.9 Å². The molecule has 0 aliphatic carbocycles. The molecule has 0 amide bonds. The van der Waals surface area contributed by atoms with Crippen LogP contribution in [0.3, 0.4) is 0 Å². The standard InChI is InChI=1S/C33H47N7O/c1-5-18-39(19-8-9-27-15-17-36-32(38-27)14-11-24(3)30(35)6-2)22-28-23-40(21-25(4)41-28)31-13-12-26(20-34)33-29(31)10-7-16-37-33/h7,10,12-13,15-17,24-25,28,30H,5-6,8-9,11,14,18-19,21-23,35H2,1-4H3. The van der Waals surface area contributed by atoms with Gasteiger partial charge in [0.1, 0.15) is 11.9 Å². The number of nitrogens with two attached hydrogens (primary N) is 1. The quantitative estimate of drug-likeness (QED) is 0.291. The molecule has 4 atom stereocenters. The van der Waals surface area contributed by atoms with Gasteiger partial charge in [-0.25, -0.2) is 9.97 Å². The van der Waals surface area contributed by atoms with Gasteiger partial charge in [0.05, 0.1) is 23.3 Å². The van der Waals surface area contributed by atoms with E-state index in [1.54, 1.807) is 6.20 Å². The fraction of sp³-hybridized carbons (Fsp3) is 0.576. The van der Waals surface area contributed by atoms with Crippen LogP contribution >= 0.6 is 0 Å². The lowest BCUT2D eigenvalue weighted by Crippen LogP contribution is -2.51. The van der Waals surface area contributed by atoms with Gasteiger partial charge in [-0.05, 0) is 88.4 Å². The van der Waals surface area contributed by atoms with Gasteiger partial charge in [0.25, 0.3) is 0 Å². The van der Waals surface area contributed by atoms with Crippen LogP contribution in [0.25, 0.3) is 10.9 Å². The number of ether oxygens (including phenoxy) is 1. The van der Waals surface area contributed by atoms with Crippen LogP contribution in [0.1, 0.15) is 70.5 Å². The number of fused-ring (bicyclic) bond motifs is 1. The first-order chi connectivity index (χ1) is 19.9. The first kappa shape index (κ1) is 30.8. The van der Waals surface area contributed by atoms with Crippen molar-refractivity contribution in [3.63, 3.8) is 0 Å². The van der Waals surface area contributed by atoms with Crippen LogP contribution < -0.4 is 10.6 Å². The Balaban J connectivity index is 1.34. The zero-order valence-corrected chi connectivity index (χ0v) is 25.3. The number of anilines is 1. The molecule has 0 saturated carbocycles. The van der Waals surface area contributed by atoms with Gasteiger partial charge >= 0.3 is 0 Å². The first-order valence-electron chi connectivity index (χ1n) is 15.4. The van der Waals surface area contributed by atoms with Crippen LogP contribution in [0.2, 0.25) is 0 Å². The second kappa shape index (κ2) is 15.2. The summed E-state index contributed by atoms with van der Waals surface area (Å²) in [6, 6.07) is 12.5. The average molecular weight is 558 g/mol. The molecule has 0 bridgehead atoms. The van der Waals surface area contributed by atoms with E-state index in [2.05, 4.69) is 71.7 Å². The topological polar surface area (TPSA) is 104 Å². The van der Waals surface area contributed by atoms with Crippen molar-refractivity contribution < 1.29 is 4.74 Å². The third-order valence-electron chi connectivity index (χ3n) is 8.23. The van der Waals surface area contributed by atoms with E-state index in [0.29, 0.717) is 11.5 Å². The number of aromatic nitrogens is 3. The van der Waals surface area contributed by atoms with E-state index in [1.165, 1.54) is 0 Å². The molecule has 2 N–H and O–H groups in total. The Hall–Kier alpha value is -3.12. The summed E-state index contributed by atoms with van der Waals surface area (Å²) >= 11 is 0. The molecule has 3 heterocycles. The molecule has 4 unspecified atom stereocenters. The Morgan fingerprint density at radius 3 is 2.76 bits per heavy atom. The van der Waals surface area contributed by atoms with Crippen LogP contribution in [0.15, 0.2) is 42.7 Å². The Morgan fingerprint density at radius 1 is 1.12 bits per heavy atom. The smallest absolute Gasteiger partial charge is 0.128 e. The van der Waals surface area contributed by atoms with Crippen molar-refractivity contribution in [3.05, 3.63) is 59.8 Å². The maximum absolute atomic E-state index is 9.56. The second-order valence-electron chi connectivity index (χ2n) is 11.6. The van der Waals surface area contributed by atoms with E-state index in [4.69, 9.17) is 15.5 Å². The summed E-state index contributed by atoms with van der Waals surface area (Å²) < 4.78 is 6.44. The van der Waals surface area contributed by atoms with E-state index in [0.717, 1.165) is 99.4 Å². The lowest BCUT2D eigenvalue weighted by Gasteiger charge is -2.40. The van der Waals surface area contributed by atoms with Crippen molar-refractivity contribution in [2.75, 3.05) is 37.6 Å². The molecule has 220 valence electrons. The summed E-state index contributed by atoms with van der Waals surface area (Å²) in [4.78, 5) is 18.8. The summed E-state index contributed by atoms with van der Waals surface area (Å²) in [5, 5.41) is 10.6. The Kier molecular flexibility index (Phi) is 11.4. The monoisotopic (exact) mass is 557 g/mol. The molecule has 1 saturated heterocycles. The number of nitrogens with zero attached hydrogens (tertiary/aromatic N) is 6. The normalized spacial score (nSPS) is 18.9. The molecule has 1 aliphatic rings. The van der Waals surface area contributed by atoms with Crippen LogP contribution in [0.4, 0.5) is 5.69 Å². The number of nitriles is 1. The minimum atomic E-state index is 0.106. The minimum absolute atomic E-state index is 0.106. The van der Waals surface area contributed by atoms with E-state index in [9.17, 15) is 5.26 Å². The summed E-state index contributed by atoms with van der Waals surface area (Å²) in [6.45, 7) is 13.3. The van der Waals surface area contributed by atoms with Crippen LogP contribution in [0, 0.1) is 17.2 Å². The molecule has 4 rings (SSSR count). The molecule has 0 radical (unpaired) electrons. The van der Waals surface area contributed by atoms with Crippen LogP contribution in [-0.2, 0) is 17.6 Å². The highest BCUT2D eigenvalue weighted by Gasteiger charge is 2.28. The predicted octanol–water partition coefficient (Wildman–Crippen LogP) is 5.14. The molecule has 8 nitrogen and oxygen atoms in total. The molecule has 1 fully saturated rings. The number of morpholine rings is 1. The molecule has 2 aromatic heterocycles. The molecule has 0 spiro atoms. The van der Waals surface area contributed by atoms with Crippen molar-refractivity contribution >= 4 is 16.6 Å². The van der Waals surface area contributed by atoms with Crippen LogP contribution in [-0.4, -0.2) is 70.8 Å². The van der Waals surface area contributed by atoms with Gasteiger partial charge in [0.2, 0.25) is 0 Å². The third kappa shape index (κ3) is 8.45. The molecule has 41 heavy (non-hydrogen) atoms. The summed E-state index contributed by atoms with van der Waals surface area (Å²) in [5.74, 6) is 1.40. The van der Waals surface area contributed by atoms with Gasteiger partial charge in [0, 0.05) is 61.3 Å². The highest BCUT2D eigenvalue weighted by atomic mass is 16.5. The zero-order chi connectivity index (χ0) is 29.2. The van der Waals surface area contributed by atoms with Crippen molar-refractivity contribution in [2.45, 2.75) is 84.5 Å². The Morgan fingerprint density at radius 2 is 1.98 bits per heavy atom. The number of rotatable bonds is 14. The molecule has 3 aromatic rings. The average Bonchev–Trinajstić information content (AvgIpc) is 2.98. The second-order valence-corrected chi connectivity index (χ2v) is 11.6. The van der Waals surface area contributed by atoms with Crippen molar-refractivity contribution in [2.24, 2.45) is 11.7 Å². The first-order valence-corrected chi connectivity index (χ1v) is 15.4. The molecule has 1 aliphatic heterocycles. The number of benzene rings is 1. The summed E-state index contributed by atoms with van der Waals surface area (Å²) in [7, 11) is 0. The van der Waals surface area contributed by atoms with E-state index in [-0.39, 0.29) is 18.2 Å². The maximum Gasteiger partial charge on any atom is 0.128 e. The van der Waals surface area contributed by atoms with E-state index < -0.39 is 0 Å². The summed E-state index contributed by atoms with van der Waals surface area (Å²) in [5.41, 5.74) is 9.83. The highest BCUT2D eigenvalue weighted by molar-refractivity contribution is 5.95. The van der Waals surface area contributed by atoms with Gasteiger partial charge < -0.3 is 20.3 Å². The van der Waals surface area contributed by atoms with Crippen molar-refractivity contribution in [3.8, 4) is 6.07 Å². The number of aryl methyl sites for hydroxylation is 2. The molecular formula is C33H47N7O. The van der Waals surface area contributed by atoms with Gasteiger partial charge in [-0.1, -0.05) is 20.8 Å². The highest BCUT2D eigenvalue weighted by Crippen LogP contribution is 2.30. The van der Waals surface area contributed by atoms with Crippen molar-refractivity contribution in [1.29, 1.82) is 5.26 Å². The molecule has 8 heteroatoms. The van der Waals surface area contributed by atoms with E-state index >= 15 is 0 Å². The lowest BCUT2D eigenvalue weighted by atomic mass is 9.95. The number of hydrogen-bond acceptors (Lipinski definition) is 8. The largest absolute Gasteiger partial charge is 0.370 e. The fourth-order valence-electron chi connectivity index (χ4n) is 5.92. The number of pyridine rings is 1. The Bertz CT molecular complexity index is 1290. The Labute approximate surface area is 245 Å². The van der Waals surface area contributed by atoms with E-state index in [1.807, 2.05) is 18.3 Å². The fourth-order valence-corrected chi connectivity index (χ4v) is 5.92. The summed E-state index contributed by atoms with van der Waals surface area (Å²) in [6.07, 6.45) is 9.88. The third-order valence-corrected chi connectivity index (χ3v) is 8.23. The molecule has 1 aromatic carbocycles. The van der Waals surface area contributed by atoms with Gasteiger partial charge in [-0.15, -0.1) is 0 Å². The lowest BCUT2D eigenvalue weighted by molar-refractivity contribution is -0.0323. The van der Waals surface area contributed by atoms with Gasteiger partial charge in [-0.2, -0.15) is 5.26 Å². The SMILES string of the molecule is CCCN(CCCc1ccnc(CCC(C)C(N)CC)n1)CC1CN(c2ccc(C#N)c3ncccc23)CC(C)O1. The molecular weight excluding hydrogens is 510 g/mol. The van der Waals surface area contributed by atoms with Gasteiger partial charge in [0.15, 0.2) is 0 Å². The number of hydrogen-bond donors (Lipinski definition) is 1. The predicted molar refractivity (Wildman–Crippen MR) is 166 cm³/mol. The van der Waals surface area contributed by atoms with Gasteiger partial charge in [-0.3, -0.25) is 4.98 Å². The van der Waals surface area contributed by atoms with Crippen LogP contribution in [0.5, 0.6) is 0 Å².